The second-order valence-electron chi connectivity index (χ2n) is 7.21. The molecule has 0 amide bonds. The van der Waals surface area contributed by atoms with Crippen molar-refractivity contribution in [3.05, 3.63) is 59.7 Å². The third-order valence-electron chi connectivity index (χ3n) is 5.33. The Kier molecular flexibility index (Phi) is 5.76. The maximum Gasteiger partial charge on any atom is 0.230 e. The Hall–Kier alpha value is -2.93. The van der Waals surface area contributed by atoms with E-state index in [1.54, 1.807) is 19.2 Å². The number of nitrogens with zero attached hydrogens (tertiary/aromatic N) is 3. The summed E-state index contributed by atoms with van der Waals surface area (Å²) in [5.74, 6) is 2.21. The van der Waals surface area contributed by atoms with Gasteiger partial charge in [-0.2, -0.15) is 4.98 Å². The lowest BCUT2D eigenvalue weighted by Crippen LogP contribution is -2.32. The van der Waals surface area contributed by atoms with Crippen LogP contribution in [-0.4, -0.2) is 42.3 Å². The number of likely N-dealkylation sites (tertiary alicyclic amines) is 1. The molecular weight excluding hydrogens is 373 g/mol. The van der Waals surface area contributed by atoms with E-state index in [4.69, 9.17) is 14.0 Å². The van der Waals surface area contributed by atoms with Gasteiger partial charge in [-0.05, 0) is 55.8 Å². The van der Waals surface area contributed by atoms with E-state index >= 15 is 0 Å². The van der Waals surface area contributed by atoms with Gasteiger partial charge in [0.25, 0.3) is 0 Å². The van der Waals surface area contributed by atoms with Crippen LogP contribution in [0.4, 0.5) is 4.39 Å². The monoisotopic (exact) mass is 397 g/mol. The minimum Gasteiger partial charge on any atom is -0.497 e. The van der Waals surface area contributed by atoms with Gasteiger partial charge in [0, 0.05) is 18.0 Å². The first kappa shape index (κ1) is 19.4. The van der Waals surface area contributed by atoms with Crippen LogP contribution in [0.1, 0.15) is 30.2 Å². The molecule has 0 saturated carbocycles. The van der Waals surface area contributed by atoms with Crippen molar-refractivity contribution in [3.8, 4) is 22.9 Å². The average molecular weight is 397 g/mol. The number of ether oxygens (including phenoxy) is 2. The van der Waals surface area contributed by atoms with Crippen molar-refractivity contribution in [1.29, 1.82) is 0 Å². The summed E-state index contributed by atoms with van der Waals surface area (Å²) < 4.78 is 29.7. The van der Waals surface area contributed by atoms with Crippen LogP contribution >= 0.6 is 0 Å². The van der Waals surface area contributed by atoms with Gasteiger partial charge >= 0.3 is 0 Å². The first-order valence-corrected chi connectivity index (χ1v) is 9.69. The van der Waals surface area contributed by atoms with Crippen LogP contribution in [0.15, 0.2) is 47.0 Å². The van der Waals surface area contributed by atoms with Gasteiger partial charge in [0.15, 0.2) is 11.6 Å². The molecule has 1 aliphatic rings. The molecule has 0 atom stereocenters. The summed E-state index contributed by atoms with van der Waals surface area (Å²) in [6, 6.07) is 12.8. The van der Waals surface area contributed by atoms with E-state index in [0.29, 0.717) is 18.3 Å². The Bertz CT molecular complexity index is 967. The molecule has 1 saturated heterocycles. The number of rotatable bonds is 6. The molecule has 6 nitrogen and oxygen atoms in total. The Balaban J connectivity index is 1.36. The highest BCUT2D eigenvalue weighted by molar-refractivity contribution is 5.56. The number of hydrogen-bond acceptors (Lipinski definition) is 6. The Morgan fingerprint density at radius 3 is 2.66 bits per heavy atom. The van der Waals surface area contributed by atoms with Crippen LogP contribution in [0.3, 0.4) is 0 Å². The molecule has 0 spiro atoms. The summed E-state index contributed by atoms with van der Waals surface area (Å²) in [5, 5.41) is 4.14. The summed E-state index contributed by atoms with van der Waals surface area (Å²) in [6.07, 6.45) is 1.86. The summed E-state index contributed by atoms with van der Waals surface area (Å²) in [7, 11) is 3.11. The predicted molar refractivity (Wildman–Crippen MR) is 106 cm³/mol. The average Bonchev–Trinajstić information content (AvgIpc) is 3.25. The Morgan fingerprint density at radius 2 is 1.93 bits per heavy atom. The highest BCUT2D eigenvalue weighted by Gasteiger charge is 2.25. The van der Waals surface area contributed by atoms with Gasteiger partial charge in [-0.1, -0.05) is 23.4 Å². The molecule has 3 aromatic rings. The minimum atomic E-state index is -0.323. The van der Waals surface area contributed by atoms with Crippen molar-refractivity contribution in [1.82, 2.24) is 15.0 Å². The molecule has 2 heterocycles. The van der Waals surface area contributed by atoms with Crippen molar-refractivity contribution >= 4 is 0 Å². The van der Waals surface area contributed by atoms with Gasteiger partial charge in [-0.3, -0.25) is 4.90 Å². The summed E-state index contributed by atoms with van der Waals surface area (Å²) in [4.78, 5) is 6.92. The van der Waals surface area contributed by atoms with Crippen LogP contribution < -0.4 is 9.47 Å². The molecule has 0 N–H and O–H groups in total. The van der Waals surface area contributed by atoms with Crippen molar-refractivity contribution in [2.75, 3.05) is 27.3 Å². The van der Waals surface area contributed by atoms with E-state index in [0.717, 1.165) is 42.8 Å². The molecule has 29 heavy (non-hydrogen) atoms. The Labute approximate surface area is 169 Å². The molecule has 1 fully saturated rings. The molecule has 0 radical (unpaired) electrons. The third kappa shape index (κ3) is 4.40. The molecule has 2 aromatic carbocycles. The molecule has 152 valence electrons. The van der Waals surface area contributed by atoms with Crippen molar-refractivity contribution in [2.24, 2.45) is 0 Å². The maximum absolute atomic E-state index is 13.9. The lowest BCUT2D eigenvalue weighted by Gasteiger charge is -2.30. The second-order valence-corrected chi connectivity index (χ2v) is 7.21. The lowest BCUT2D eigenvalue weighted by molar-refractivity contribution is 0.187. The quantitative estimate of drug-likeness (QED) is 0.619. The van der Waals surface area contributed by atoms with Crippen molar-refractivity contribution in [3.63, 3.8) is 0 Å². The van der Waals surface area contributed by atoms with Crippen LogP contribution in [0, 0.1) is 5.82 Å². The molecule has 1 aromatic heterocycles. The third-order valence-corrected chi connectivity index (χ3v) is 5.33. The zero-order valence-corrected chi connectivity index (χ0v) is 16.6. The highest BCUT2D eigenvalue weighted by Crippen LogP contribution is 2.30. The van der Waals surface area contributed by atoms with Gasteiger partial charge in [-0.15, -0.1) is 0 Å². The second kappa shape index (κ2) is 8.61. The minimum absolute atomic E-state index is 0.241. The normalized spacial score (nSPS) is 15.4. The van der Waals surface area contributed by atoms with Gasteiger partial charge < -0.3 is 14.0 Å². The number of methoxy groups -OCH3 is 2. The Morgan fingerprint density at radius 1 is 1.10 bits per heavy atom. The smallest absolute Gasteiger partial charge is 0.230 e. The topological polar surface area (TPSA) is 60.6 Å². The fraction of sp³-hybridized carbons (Fsp3) is 0.364. The largest absolute Gasteiger partial charge is 0.497 e. The van der Waals surface area contributed by atoms with E-state index < -0.39 is 0 Å². The number of aromatic nitrogens is 2. The fourth-order valence-electron chi connectivity index (χ4n) is 3.68. The maximum atomic E-state index is 13.9. The van der Waals surface area contributed by atoms with Gasteiger partial charge in [-0.25, -0.2) is 4.39 Å². The SMILES string of the molecule is COc1cccc(-c2noc(C3CCN(Cc4ccc(OC)c(F)c4)CC3)n2)c1. The number of benzene rings is 2. The van der Waals surface area contributed by atoms with Crippen LogP contribution in [0.25, 0.3) is 11.4 Å². The summed E-state index contributed by atoms with van der Waals surface area (Å²) in [5.41, 5.74) is 1.82. The summed E-state index contributed by atoms with van der Waals surface area (Å²) in [6.45, 7) is 2.51. The number of halogens is 1. The molecular formula is C22H24FN3O3. The molecule has 0 bridgehead atoms. The number of hydrogen-bond donors (Lipinski definition) is 0. The van der Waals surface area contributed by atoms with E-state index in [-0.39, 0.29) is 17.5 Å². The van der Waals surface area contributed by atoms with E-state index in [9.17, 15) is 4.39 Å². The van der Waals surface area contributed by atoms with Crippen molar-refractivity contribution < 1.29 is 18.4 Å². The van der Waals surface area contributed by atoms with Gasteiger partial charge in [0.05, 0.1) is 14.2 Å². The van der Waals surface area contributed by atoms with E-state index in [1.165, 1.54) is 7.11 Å². The van der Waals surface area contributed by atoms with E-state index in [2.05, 4.69) is 15.0 Å². The first-order chi connectivity index (χ1) is 14.2. The standard InChI is InChI=1S/C22H24FN3O3/c1-27-18-5-3-4-17(13-18)21-24-22(29-25-21)16-8-10-26(11-9-16)14-15-6-7-20(28-2)19(23)12-15/h3-7,12-13,16H,8-11,14H2,1-2H3. The molecule has 0 unspecified atom stereocenters. The van der Waals surface area contributed by atoms with Crippen molar-refractivity contribution in [2.45, 2.75) is 25.3 Å². The van der Waals surface area contributed by atoms with Gasteiger partial charge in [0.2, 0.25) is 11.7 Å². The first-order valence-electron chi connectivity index (χ1n) is 9.69. The van der Waals surface area contributed by atoms with Crippen LogP contribution in [0.5, 0.6) is 11.5 Å². The van der Waals surface area contributed by atoms with E-state index in [1.807, 2.05) is 30.3 Å². The zero-order chi connectivity index (χ0) is 20.2. The highest BCUT2D eigenvalue weighted by atomic mass is 19.1. The molecule has 4 rings (SSSR count). The fourth-order valence-corrected chi connectivity index (χ4v) is 3.68. The van der Waals surface area contributed by atoms with Crippen LogP contribution in [0.2, 0.25) is 0 Å². The molecule has 0 aliphatic carbocycles. The number of piperidine rings is 1. The molecule has 1 aliphatic heterocycles. The lowest BCUT2D eigenvalue weighted by atomic mass is 9.96. The van der Waals surface area contributed by atoms with Crippen LogP contribution in [-0.2, 0) is 6.54 Å². The molecule has 7 heteroatoms. The summed E-state index contributed by atoms with van der Waals surface area (Å²) >= 11 is 0. The van der Waals surface area contributed by atoms with Gasteiger partial charge in [0.1, 0.15) is 5.75 Å². The predicted octanol–water partition coefficient (Wildman–Crippen LogP) is 4.27. The zero-order valence-electron chi connectivity index (χ0n) is 16.6.